The van der Waals surface area contributed by atoms with Crippen molar-refractivity contribution >= 4 is 17.2 Å². The molecule has 1 aromatic heterocycles. The van der Waals surface area contributed by atoms with Crippen LogP contribution in [0.25, 0.3) is 10.6 Å². The highest BCUT2D eigenvalue weighted by atomic mass is 32.1. The lowest BCUT2D eigenvalue weighted by Crippen LogP contribution is -2.29. The van der Waals surface area contributed by atoms with Gasteiger partial charge in [0.25, 0.3) is 5.91 Å². The average Bonchev–Trinajstić information content (AvgIpc) is 3.13. The Bertz CT molecular complexity index is 738. The molecule has 0 unspecified atom stereocenters. The summed E-state index contributed by atoms with van der Waals surface area (Å²) in [6.07, 6.45) is 1.00. The minimum absolute atomic E-state index is 0.104. The van der Waals surface area contributed by atoms with Gasteiger partial charge in [-0.3, -0.25) is 4.79 Å². The predicted octanol–water partition coefficient (Wildman–Crippen LogP) is 3.16. The lowest BCUT2D eigenvalue weighted by molar-refractivity contribution is 0.0791. The van der Waals surface area contributed by atoms with Crippen LogP contribution in [0.5, 0.6) is 0 Å². The summed E-state index contributed by atoms with van der Waals surface area (Å²) in [5.74, 6) is 0.540. The zero-order valence-electron chi connectivity index (χ0n) is 13.9. The van der Waals surface area contributed by atoms with Gasteiger partial charge in [-0.2, -0.15) is 0 Å². The third-order valence-electron chi connectivity index (χ3n) is 4.51. The Morgan fingerprint density at radius 2 is 2.17 bits per heavy atom. The molecule has 2 aromatic rings. The van der Waals surface area contributed by atoms with Gasteiger partial charge in [0.2, 0.25) is 0 Å². The fraction of sp³-hybridized carbons (Fsp3) is 0.444. The van der Waals surface area contributed by atoms with E-state index in [-0.39, 0.29) is 5.91 Å². The predicted molar refractivity (Wildman–Crippen MR) is 94.8 cm³/mol. The molecule has 1 aliphatic heterocycles. The van der Waals surface area contributed by atoms with Crippen LogP contribution in [0.15, 0.2) is 18.2 Å². The SMILES string of the molecule is Cc1ccc(-c2nc(C)c(C(=O)N3CC[C@H](CN)C3)s2)c(C)c1. The first kappa shape index (κ1) is 16.1. The molecule has 3 rings (SSSR count). The first-order chi connectivity index (χ1) is 11.0. The monoisotopic (exact) mass is 329 g/mol. The Morgan fingerprint density at radius 3 is 2.83 bits per heavy atom. The molecule has 1 atom stereocenters. The zero-order valence-corrected chi connectivity index (χ0v) is 14.7. The number of benzene rings is 1. The van der Waals surface area contributed by atoms with E-state index in [1.165, 1.54) is 22.5 Å². The van der Waals surface area contributed by atoms with Crippen molar-refractivity contribution in [3.63, 3.8) is 0 Å². The quantitative estimate of drug-likeness (QED) is 0.941. The Morgan fingerprint density at radius 1 is 1.39 bits per heavy atom. The van der Waals surface area contributed by atoms with Crippen LogP contribution in [0.4, 0.5) is 0 Å². The highest BCUT2D eigenvalue weighted by molar-refractivity contribution is 7.17. The highest BCUT2D eigenvalue weighted by Crippen LogP contribution is 2.32. The van der Waals surface area contributed by atoms with Crippen LogP contribution in [-0.4, -0.2) is 35.4 Å². The molecule has 0 saturated carbocycles. The molecule has 0 radical (unpaired) electrons. The summed E-state index contributed by atoms with van der Waals surface area (Å²) in [6.45, 7) is 8.32. The van der Waals surface area contributed by atoms with Gasteiger partial charge in [0, 0.05) is 18.7 Å². The molecule has 1 fully saturated rings. The molecule has 0 bridgehead atoms. The fourth-order valence-corrected chi connectivity index (χ4v) is 4.24. The van der Waals surface area contributed by atoms with E-state index in [2.05, 4.69) is 37.0 Å². The number of hydrogen-bond acceptors (Lipinski definition) is 4. The second-order valence-electron chi connectivity index (χ2n) is 6.39. The summed E-state index contributed by atoms with van der Waals surface area (Å²) < 4.78 is 0. The molecule has 0 aliphatic carbocycles. The molecule has 1 amide bonds. The lowest BCUT2D eigenvalue weighted by atomic mass is 10.1. The molecule has 5 heteroatoms. The summed E-state index contributed by atoms with van der Waals surface area (Å²) in [5.41, 5.74) is 10.1. The van der Waals surface area contributed by atoms with Crippen LogP contribution in [0.1, 0.15) is 32.9 Å². The van der Waals surface area contributed by atoms with Gasteiger partial charge in [0.1, 0.15) is 9.88 Å². The topological polar surface area (TPSA) is 59.2 Å². The third kappa shape index (κ3) is 3.16. The number of nitrogens with zero attached hydrogens (tertiary/aromatic N) is 2. The fourth-order valence-electron chi connectivity index (χ4n) is 3.12. The number of hydrogen-bond donors (Lipinski definition) is 1. The summed E-state index contributed by atoms with van der Waals surface area (Å²) in [7, 11) is 0. The number of nitrogens with two attached hydrogens (primary N) is 1. The van der Waals surface area contributed by atoms with Crippen molar-refractivity contribution < 1.29 is 4.79 Å². The van der Waals surface area contributed by atoms with Gasteiger partial charge >= 0.3 is 0 Å². The highest BCUT2D eigenvalue weighted by Gasteiger charge is 2.28. The van der Waals surface area contributed by atoms with Crippen LogP contribution in [0.2, 0.25) is 0 Å². The van der Waals surface area contributed by atoms with Crippen molar-refractivity contribution in [1.82, 2.24) is 9.88 Å². The molecule has 2 heterocycles. The number of thiazole rings is 1. The van der Waals surface area contributed by atoms with E-state index in [1.54, 1.807) is 0 Å². The minimum atomic E-state index is 0.104. The first-order valence-corrected chi connectivity index (χ1v) is 8.85. The summed E-state index contributed by atoms with van der Waals surface area (Å²) in [6, 6.07) is 6.34. The number of aromatic nitrogens is 1. The minimum Gasteiger partial charge on any atom is -0.338 e. The third-order valence-corrected chi connectivity index (χ3v) is 5.69. The molecular weight excluding hydrogens is 306 g/mol. The Labute approximate surface area is 141 Å². The molecule has 1 aliphatic rings. The Kier molecular flexibility index (Phi) is 4.50. The number of aryl methyl sites for hydroxylation is 3. The van der Waals surface area contributed by atoms with Crippen LogP contribution in [0, 0.1) is 26.7 Å². The van der Waals surface area contributed by atoms with E-state index in [4.69, 9.17) is 5.73 Å². The largest absolute Gasteiger partial charge is 0.338 e. The number of carbonyl (C=O) groups excluding carboxylic acids is 1. The smallest absolute Gasteiger partial charge is 0.265 e. The molecule has 4 nitrogen and oxygen atoms in total. The average molecular weight is 329 g/mol. The van der Waals surface area contributed by atoms with Gasteiger partial charge in [-0.05, 0) is 45.2 Å². The van der Waals surface area contributed by atoms with Crippen molar-refractivity contribution in [2.75, 3.05) is 19.6 Å². The normalized spacial score (nSPS) is 17.7. The first-order valence-electron chi connectivity index (χ1n) is 8.04. The van der Waals surface area contributed by atoms with Crippen molar-refractivity contribution in [2.45, 2.75) is 27.2 Å². The van der Waals surface area contributed by atoms with E-state index in [9.17, 15) is 4.79 Å². The number of carbonyl (C=O) groups is 1. The molecule has 0 spiro atoms. The van der Waals surface area contributed by atoms with Gasteiger partial charge in [0.15, 0.2) is 0 Å². The maximum Gasteiger partial charge on any atom is 0.265 e. The number of rotatable bonds is 3. The van der Waals surface area contributed by atoms with E-state index in [1.807, 2.05) is 11.8 Å². The van der Waals surface area contributed by atoms with Gasteiger partial charge in [-0.1, -0.05) is 23.8 Å². The Balaban J connectivity index is 1.88. The van der Waals surface area contributed by atoms with Gasteiger partial charge in [-0.25, -0.2) is 4.98 Å². The van der Waals surface area contributed by atoms with Crippen LogP contribution >= 0.6 is 11.3 Å². The van der Waals surface area contributed by atoms with Crippen LogP contribution in [0.3, 0.4) is 0 Å². The molecule has 1 saturated heterocycles. The van der Waals surface area contributed by atoms with E-state index in [0.717, 1.165) is 40.7 Å². The summed E-state index contributed by atoms with van der Waals surface area (Å²) in [4.78, 5) is 20.1. The van der Waals surface area contributed by atoms with E-state index in [0.29, 0.717) is 12.5 Å². The molecule has 23 heavy (non-hydrogen) atoms. The van der Waals surface area contributed by atoms with E-state index < -0.39 is 0 Å². The van der Waals surface area contributed by atoms with Crippen molar-refractivity contribution in [2.24, 2.45) is 11.7 Å². The lowest BCUT2D eigenvalue weighted by Gasteiger charge is -2.15. The van der Waals surface area contributed by atoms with Crippen molar-refractivity contribution in [1.29, 1.82) is 0 Å². The molecule has 1 aromatic carbocycles. The number of likely N-dealkylation sites (tertiary alicyclic amines) is 1. The van der Waals surface area contributed by atoms with E-state index >= 15 is 0 Å². The van der Waals surface area contributed by atoms with Gasteiger partial charge in [-0.15, -0.1) is 11.3 Å². The van der Waals surface area contributed by atoms with Gasteiger partial charge < -0.3 is 10.6 Å². The number of amides is 1. The van der Waals surface area contributed by atoms with Crippen LogP contribution in [-0.2, 0) is 0 Å². The van der Waals surface area contributed by atoms with Crippen molar-refractivity contribution in [3.8, 4) is 10.6 Å². The maximum atomic E-state index is 12.8. The van der Waals surface area contributed by atoms with Gasteiger partial charge in [0.05, 0.1) is 5.69 Å². The van der Waals surface area contributed by atoms with Crippen molar-refractivity contribution in [3.05, 3.63) is 39.9 Å². The second kappa shape index (κ2) is 6.42. The molecular formula is C18H23N3OS. The second-order valence-corrected chi connectivity index (χ2v) is 7.39. The summed E-state index contributed by atoms with van der Waals surface area (Å²) in [5, 5.41) is 0.929. The summed E-state index contributed by atoms with van der Waals surface area (Å²) >= 11 is 1.50. The zero-order chi connectivity index (χ0) is 16.6. The standard InChI is InChI=1S/C18H23N3OS/c1-11-4-5-15(12(2)8-11)17-20-13(3)16(23-17)18(22)21-7-6-14(9-19)10-21/h4-5,8,14H,6-7,9-10,19H2,1-3H3/t14-/m1/s1. The molecule has 122 valence electrons. The van der Waals surface area contributed by atoms with Crippen LogP contribution < -0.4 is 5.73 Å². The Hall–Kier alpha value is -1.72. The molecule has 2 N–H and O–H groups in total. The maximum absolute atomic E-state index is 12.8.